The monoisotopic (exact) mass is 478 g/mol. The first-order valence-corrected chi connectivity index (χ1v) is 11.5. The van der Waals surface area contributed by atoms with Crippen LogP contribution in [0.4, 0.5) is 4.79 Å². The lowest BCUT2D eigenvalue weighted by molar-refractivity contribution is 0.136. The molecule has 2 aromatic carbocycles. The molecular formula is C26H30N4O5. The van der Waals surface area contributed by atoms with Gasteiger partial charge in [-0.15, -0.1) is 0 Å². The van der Waals surface area contributed by atoms with Gasteiger partial charge in [0.05, 0.1) is 25.8 Å². The molecule has 1 aliphatic rings. The predicted octanol–water partition coefficient (Wildman–Crippen LogP) is 4.68. The van der Waals surface area contributed by atoms with Crippen molar-refractivity contribution < 1.29 is 23.5 Å². The number of carbonyl (C=O) groups excluding carboxylic acids is 1. The van der Waals surface area contributed by atoms with Crippen molar-refractivity contribution in [2.75, 3.05) is 34.0 Å². The maximum Gasteiger partial charge on any atom is 0.322 e. The van der Waals surface area contributed by atoms with Crippen molar-refractivity contribution in [3.63, 3.8) is 0 Å². The number of methoxy groups -OCH3 is 2. The summed E-state index contributed by atoms with van der Waals surface area (Å²) < 4.78 is 21.7. The Morgan fingerprint density at radius 1 is 1.03 bits per heavy atom. The lowest BCUT2D eigenvalue weighted by Crippen LogP contribution is -2.46. The maximum atomic E-state index is 13.1. The first-order chi connectivity index (χ1) is 17.0. The number of nitrogens with zero attached hydrogens (tertiary/aromatic N) is 3. The minimum atomic E-state index is -0.458. The summed E-state index contributed by atoms with van der Waals surface area (Å²) >= 11 is 0. The summed E-state index contributed by atoms with van der Waals surface area (Å²) in [4.78, 5) is 19.5. The quantitative estimate of drug-likeness (QED) is 0.423. The fourth-order valence-electron chi connectivity index (χ4n) is 4.03. The van der Waals surface area contributed by atoms with Crippen LogP contribution in [0.3, 0.4) is 0 Å². The minimum Gasteiger partial charge on any atom is -0.497 e. The highest BCUT2D eigenvalue weighted by Crippen LogP contribution is 2.38. The summed E-state index contributed by atoms with van der Waals surface area (Å²) in [5, 5.41) is 7.31. The van der Waals surface area contributed by atoms with Crippen LogP contribution in [-0.2, 0) is 4.74 Å². The van der Waals surface area contributed by atoms with E-state index >= 15 is 0 Å². The molecular weight excluding hydrogens is 448 g/mol. The van der Waals surface area contributed by atoms with Crippen LogP contribution in [0.2, 0.25) is 0 Å². The fraction of sp³-hybridized carbons (Fsp3) is 0.346. The van der Waals surface area contributed by atoms with Crippen LogP contribution < -0.4 is 14.8 Å². The summed E-state index contributed by atoms with van der Waals surface area (Å²) in [5.41, 5.74) is 3.19. The molecule has 2 heterocycles. The van der Waals surface area contributed by atoms with Crippen LogP contribution in [0.15, 0.2) is 58.8 Å². The molecule has 1 N–H and O–H groups in total. The highest BCUT2D eigenvalue weighted by Gasteiger charge is 2.35. The Balaban J connectivity index is 1.71. The van der Waals surface area contributed by atoms with Crippen molar-refractivity contribution in [1.82, 2.24) is 20.4 Å². The summed E-state index contributed by atoms with van der Waals surface area (Å²) in [5.74, 6) is 2.28. The highest BCUT2D eigenvalue weighted by atomic mass is 16.5. The molecule has 9 nitrogen and oxygen atoms in total. The number of ether oxygens (including phenoxy) is 3. The lowest BCUT2D eigenvalue weighted by Gasteiger charge is -2.35. The van der Waals surface area contributed by atoms with Crippen molar-refractivity contribution in [3.8, 4) is 22.9 Å². The third-order valence-corrected chi connectivity index (χ3v) is 5.92. The molecule has 1 unspecified atom stereocenters. The van der Waals surface area contributed by atoms with Crippen molar-refractivity contribution in [1.29, 1.82) is 0 Å². The number of rotatable bonds is 10. The minimum absolute atomic E-state index is 0.182. The van der Waals surface area contributed by atoms with Gasteiger partial charge in [-0.3, -0.25) is 4.90 Å². The van der Waals surface area contributed by atoms with Gasteiger partial charge in [0, 0.05) is 31.0 Å². The van der Waals surface area contributed by atoms with Gasteiger partial charge in [-0.05, 0) is 62.2 Å². The van der Waals surface area contributed by atoms with Gasteiger partial charge in [-0.25, -0.2) is 4.79 Å². The van der Waals surface area contributed by atoms with E-state index in [9.17, 15) is 4.79 Å². The van der Waals surface area contributed by atoms with Gasteiger partial charge in [0.1, 0.15) is 11.5 Å². The summed E-state index contributed by atoms with van der Waals surface area (Å²) in [6.07, 6.45) is 0.708. The number of benzene rings is 2. The topological polar surface area (TPSA) is 99.0 Å². The van der Waals surface area contributed by atoms with Crippen LogP contribution in [-0.4, -0.2) is 55.0 Å². The van der Waals surface area contributed by atoms with E-state index in [1.165, 1.54) is 0 Å². The summed E-state index contributed by atoms with van der Waals surface area (Å²) in [6.45, 7) is 5.58. The zero-order chi connectivity index (χ0) is 24.8. The number of aromatic nitrogens is 2. The van der Waals surface area contributed by atoms with Crippen molar-refractivity contribution in [3.05, 3.63) is 65.7 Å². The smallest absolute Gasteiger partial charge is 0.322 e. The molecule has 4 rings (SSSR count). The van der Waals surface area contributed by atoms with Crippen LogP contribution in [0, 0.1) is 0 Å². The molecule has 0 spiro atoms. The number of carbonyl (C=O) groups is 1. The van der Waals surface area contributed by atoms with E-state index in [4.69, 9.17) is 18.7 Å². The molecule has 1 aromatic heterocycles. The Morgan fingerprint density at radius 2 is 1.69 bits per heavy atom. The zero-order valence-corrected chi connectivity index (χ0v) is 20.4. The number of allylic oxidation sites excluding steroid dienone is 1. The Kier molecular flexibility index (Phi) is 7.67. The van der Waals surface area contributed by atoms with Gasteiger partial charge in [0.2, 0.25) is 5.82 Å². The van der Waals surface area contributed by atoms with E-state index in [2.05, 4.69) is 15.5 Å². The third-order valence-electron chi connectivity index (χ3n) is 5.92. The van der Waals surface area contributed by atoms with Gasteiger partial charge < -0.3 is 24.1 Å². The molecule has 2 amide bonds. The summed E-state index contributed by atoms with van der Waals surface area (Å²) in [6, 6.07) is 14.4. The van der Waals surface area contributed by atoms with Crippen molar-refractivity contribution in [2.24, 2.45) is 0 Å². The SMILES string of the molecule is CCOCCCN1C(=O)NC(c2ccc(OC)cc2)C(c2nc(-c3ccc(OC)cc3)no2)=C1C. The number of urea groups is 1. The van der Waals surface area contributed by atoms with Gasteiger partial charge in [0.15, 0.2) is 0 Å². The number of amides is 2. The molecule has 9 heteroatoms. The lowest BCUT2D eigenvalue weighted by atomic mass is 9.94. The molecule has 3 aromatic rings. The third kappa shape index (κ3) is 5.30. The van der Waals surface area contributed by atoms with Crippen molar-refractivity contribution >= 4 is 11.6 Å². The van der Waals surface area contributed by atoms with Crippen LogP contribution >= 0.6 is 0 Å². The fourth-order valence-corrected chi connectivity index (χ4v) is 4.03. The Hall–Kier alpha value is -3.85. The normalized spacial score (nSPS) is 15.8. The largest absolute Gasteiger partial charge is 0.497 e. The number of hydrogen-bond donors (Lipinski definition) is 1. The van der Waals surface area contributed by atoms with E-state index in [1.54, 1.807) is 19.1 Å². The Morgan fingerprint density at radius 3 is 2.31 bits per heavy atom. The summed E-state index contributed by atoms with van der Waals surface area (Å²) in [7, 11) is 3.24. The molecule has 0 bridgehead atoms. The molecule has 184 valence electrons. The first-order valence-electron chi connectivity index (χ1n) is 11.5. The van der Waals surface area contributed by atoms with Gasteiger partial charge in [-0.2, -0.15) is 4.98 Å². The molecule has 0 saturated heterocycles. The average Bonchev–Trinajstić information content (AvgIpc) is 3.37. The molecule has 0 aliphatic carbocycles. The van der Waals surface area contributed by atoms with E-state index in [0.29, 0.717) is 37.9 Å². The van der Waals surface area contributed by atoms with Gasteiger partial charge in [0.25, 0.3) is 5.89 Å². The zero-order valence-electron chi connectivity index (χ0n) is 20.4. The molecule has 35 heavy (non-hydrogen) atoms. The average molecular weight is 479 g/mol. The number of nitrogens with one attached hydrogen (secondary N) is 1. The van der Waals surface area contributed by atoms with Crippen LogP contribution in [0.1, 0.15) is 37.8 Å². The molecule has 1 aliphatic heterocycles. The standard InChI is InChI=1S/C26H30N4O5/c1-5-34-16-6-15-30-17(2)22(23(27-26(30)31)18-7-11-20(32-3)12-8-18)25-28-24(29-35-25)19-9-13-21(33-4)14-10-19/h7-14,23H,5-6,15-16H2,1-4H3,(H,27,31). The first kappa shape index (κ1) is 24.3. The molecule has 0 saturated carbocycles. The van der Waals surface area contributed by atoms with Gasteiger partial charge in [-0.1, -0.05) is 17.3 Å². The molecule has 0 fully saturated rings. The van der Waals surface area contributed by atoms with Crippen LogP contribution in [0.25, 0.3) is 17.0 Å². The second kappa shape index (κ2) is 11.1. The van der Waals surface area contributed by atoms with E-state index in [1.807, 2.05) is 62.4 Å². The predicted molar refractivity (Wildman–Crippen MR) is 131 cm³/mol. The molecule has 0 radical (unpaired) electrons. The van der Waals surface area contributed by atoms with Crippen molar-refractivity contribution in [2.45, 2.75) is 26.3 Å². The van der Waals surface area contributed by atoms with E-state index in [0.717, 1.165) is 33.9 Å². The molecule has 1 atom stereocenters. The second-order valence-corrected chi connectivity index (χ2v) is 8.01. The number of hydrogen-bond acceptors (Lipinski definition) is 7. The van der Waals surface area contributed by atoms with Gasteiger partial charge >= 0.3 is 6.03 Å². The Bertz CT molecular complexity index is 1170. The second-order valence-electron chi connectivity index (χ2n) is 8.01. The van der Waals surface area contributed by atoms with E-state index < -0.39 is 6.04 Å². The Labute approximate surface area is 204 Å². The highest BCUT2D eigenvalue weighted by molar-refractivity contribution is 5.86. The van der Waals surface area contributed by atoms with Crippen LogP contribution in [0.5, 0.6) is 11.5 Å². The van der Waals surface area contributed by atoms with E-state index in [-0.39, 0.29) is 6.03 Å². The maximum absolute atomic E-state index is 13.1.